The highest BCUT2D eigenvalue weighted by atomic mass is 16.5. The molecule has 1 saturated heterocycles. The molecule has 39 heavy (non-hydrogen) atoms. The Labute approximate surface area is 227 Å². The summed E-state index contributed by atoms with van der Waals surface area (Å²) in [6.07, 6.45) is 4.50. The molecule has 0 saturated carbocycles. The fourth-order valence-electron chi connectivity index (χ4n) is 5.41. The van der Waals surface area contributed by atoms with E-state index in [0.29, 0.717) is 62.9 Å². The topological polar surface area (TPSA) is 93.2 Å². The molecule has 1 unspecified atom stereocenters. The average molecular weight is 529 g/mol. The first-order chi connectivity index (χ1) is 19.1. The second-order valence-corrected chi connectivity index (χ2v) is 10.0. The van der Waals surface area contributed by atoms with Gasteiger partial charge in [0, 0.05) is 32.4 Å². The molecule has 2 amide bonds. The summed E-state index contributed by atoms with van der Waals surface area (Å²) >= 11 is 0. The number of carbonyl (C=O) groups is 2. The van der Waals surface area contributed by atoms with Crippen LogP contribution in [-0.4, -0.2) is 79.1 Å². The maximum absolute atomic E-state index is 13.7. The van der Waals surface area contributed by atoms with E-state index in [-0.39, 0.29) is 17.9 Å². The molecule has 9 nitrogen and oxygen atoms in total. The molecule has 1 aromatic heterocycles. The molecule has 1 atom stereocenters. The number of pyridine rings is 1. The highest BCUT2D eigenvalue weighted by molar-refractivity contribution is 5.94. The first-order valence-electron chi connectivity index (χ1n) is 13.5. The molecule has 2 aromatic carbocycles. The summed E-state index contributed by atoms with van der Waals surface area (Å²) in [5, 5.41) is 2.91. The quantitative estimate of drug-likeness (QED) is 0.546. The molecule has 1 N–H and O–H groups in total. The molecule has 3 aromatic rings. The number of aromatic nitrogens is 1. The van der Waals surface area contributed by atoms with Crippen molar-refractivity contribution in [1.82, 2.24) is 20.1 Å². The lowest BCUT2D eigenvalue weighted by molar-refractivity contribution is -0.135. The van der Waals surface area contributed by atoms with Gasteiger partial charge in [-0.05, 0) is 59.9 Å². The zero-order valence-electron chi connectivity index (χ0n) is 21.8. The first kappa shape index (κ1) is 25.3. The van der Waals surface area contributed by atoms with Crippen molar-refractivity contribution in [3.05, 3.63) is 83.2 Å². The minimum atomic E-state index is -0.233. The summed E-state index contributed by atoms with van der Waals surface area (Å²) in [5.74, 6) is 1.81. The molecule has 0 spiro atoms. The minimum absolute atomic E-state index is 0.111. The van der Waals surface area contributed by atoms with Crippen molar-refractivity contribution in [2.75, 3.05) is 52.5 Å². The van der Waals surface area contributed by atoms with Gasteiger partial charge in [0.1, 0.15) is 17.2 Å². The highest BCUT2D eigenvalue weighted by Gasteiger charge is 2.33. The van der Waals surface area contributed by atoms with Crippen molar-refractivity contribution in [1.29, 1.82) is 0 Å². The van der Waals surface area contributed by atoms with Gasteiger partial charge in [0.05, 0.1) is 44.2 Å². The van der Waals surface area contributed by atoms with Crippen LogP contribution in [0.15, 0.2) is 60.9 Å². The van der Waals surface area contributed by atoms with Crippen LogP contribution in [0.25, 0.3) is 0 Å². The fourth-order valence-corrected chi connectivity index (χ4v) is 5.41. The van der Waals surface area contributed by atoms with E-state index < -0.39 is 0 Å². The van der Waals surface area contributed by atoms with Crippen molar-refractivity contribution in [3.8, 4) is 17.2 Å². The van der Waals surface area contributed by atoms with E-state index in [1.807, 2.05) is 41.3 Å². The van der Waals surface area contributed by atoms with Crippen molar-refractivity contribution < 1.29 is 23.8 Å². The zero-order chi connectivity index (χ0) is 26.6. The number of rotatable bonds is 2. The predicted octanol–water partition coefficient (Wildman–Crippen LogP) is 3.19. The van der Waals surface area contributed by atoms with Crippen LogP contribution in [0.4, 0.5) is 0 Å². The zero-order valence-corrected chi connectivity index (χ0v) is 21.8. The standard InChI is InChI=1S/C30H32N4O5/c35-28(20-33-10-13-37-14-11-33)34-9-7-21-15-25-5-6-27(21)29(34)22-3-1-4-24(16-22)38-12-2-8-32-30(36)23-17-26(39-25)19-31-18-23/h1,3-6,15-19,29H,2,7-14,20H2,(H,32,36). The SMILES string of the molecule is O=C1NCCCOc2cccc(c2)C2c3ccc(cc3CCN2C(=O)CN2CCOCC2)Oc2cncc1c2. The molecule has 7 rings (SSSR count). The number of benzene rings is 2. The summed E-state index contributed by atoms with van der Waals surface area (Å²) < 4.78 is 17.6. The van der Waals surface area contributed by atoms with Crippen LogP contribution in [0, 0.1) is 0 Å². The van der Waals surface area contributed by atoms with E-state index in [1.54, 1.807) is 12.3 Å². The van der Waals surface area contributed by atoms with Gasteiger partial charge in [0.2, 0.25) is 5.91 Å². The second kappa shape index (κ2) is 11.4. The number of ether oxygens (including phenoxy) is 3. The van der Waals surface area contributed by atoms with Gasteiger partial charge in [-0.3, -0.25) is 19.5 Å². The number of hydrogen-bond donors (Lipinski definition) is 1. The van der Waals surface area contributed by atoms with Crippen molar-refractivity contribution in [2.24, 2.45) is 0 Å². The minimum Gasteiger partial charge on any atom is -0.494 e. The summed E-state index contributed by atoms with van der Waals surface area (Å²) in [5.41, 5.74) is 3.65. The maximum atomic E-state index is 13.7. The Morgan fingerprint density at radius 3 is 2.77 bits per heavy atom. The molecule has 8 bridgehead atoms. The Morgan fingerprint density at radius 1 is 0.974 bits per heavy atom. The van der Waals surface area contributed by atoms with E-state index in [0.717, 1.165) is 42.0 Å². The van der Waals surface area contributed by atoms with Crippen LogP contribution in [-0.2, 0) is 16.0 Å². The summed E-state index contributed by atoms with van der Waals surface area (Å²) in [7, 11) is 0. The van der Waals surface area contributed by atoms with Crippen LogP contribution in [0.3, 0.4) is 0 Å². The van der Waals surface area contributed by atoms with Gasteiger partial charge in [-0.2, -0.15) is 0 Å². The third-order valence-electron chi connectivity index (χ3n) is 7.39. The highest BCUT2D eigenvalue weighted by Crippen LogP contribution is 2.38. The fraction of sp³-hybridized carbons (Fsp3) is 0.367. The number of carbonyl (C=O) groups excluding carboxylic acids is 2. The van der Waals surface area contributed by atoms with Gasteiger partial charge < -0.3 is 24.4 Å². The molecule has 0 radical (unpaired) electrons. The Balaban J connectivity index is 1.36. The van der Waals surface area contributed by atoms with Gasteiger partial charge in [-0.1, -0.05) is 18.2 Å². The molecule has 5 heterocycles. The third-order valence-corrected chi connectivity index (χ3v) is 7.39. The lowest BCUT2D eigenvalue weighted by Gasteiger charge is -2.39. The lowest BCUT2D eigenvalue weighted by Crippen LogP contribution is -2.48. The normalized spacial score (nSPS) is 19.7. The van der Waals surface area contributed by atoms with Gasteiger partial charge in [0.25, 0.3) is 5.91 Å². The first-order valence-corrected chi connectivity index (χ1v) is 13.5. The maximum Gasteiger partial charge on any atom is 0.252 e. The summed E-state index contributed by atoms with van der Waals surface area (Å²) in [4.78, 5) is 34.6. The Morgan fingerprint density at radius 2 is 1.87 bits per heavy atom. The van der Waals surface area contributed by atoms with Crippen LogP contribution in [0.1, 0.15) is 39.5 Å². The van der Waals surface area contributed by atoms with Gasteiger partial charge >= 0.3 is 0 Å². The van der Waals surface area contributed by atoms with E-state index >= 15 is 0 Å². The molecule has 1 fully saturated rings. The molecule has 0 aliphatic carbocycles. The molecule has 4 aliphatic heterocycles. The average Bonchev–Trinajstić information content (AvgIpc) is 2.96. The van der Waals surface area contributed by atoms with Crippen LogP contribution < -0.4 is 14.8 Å². The predicted molar refractivity (Wildman–Crippen MR) is 144 cm³/mol. The van der Waals surface area contributed by atoms with Gasteiger partial charge in [0.15, 0.2) is 0 Å². The Hall–Kier alpha value is -3.95. The van der Waals surface area contributed by atoms with E-state index in [4.69, 9.17) is 14.2 Å². The smallest absolute Gasteiger partial charge is 0.252 e. The van der Waals surface area contributed by atoms with Crippen LogP contribution >= 0.6 is 0 Å². The molecule has 4 aliphatic rings. The number of hydrogen-bond acceptors (Lipinski definition) is 7. The van der Waals surface area contributed by atoms with E-state index in [1.165, 1.54) is 6.20 Å². The van der Waals surface area contributed by atoms with Gasteiger partial charge in [-0.15, -0.1) is 0 Å². The number of fused-ring (bicyclic) bond motifs is 6. The molecule has 202 valence electrons. The van der Waals surface area contributed by atoms with Crippen molar-refractivity contribution >= 4 is 11.8 Å². The van der Waals surface area contributed by atoms with Crippen molar-refractivity contribution in [3.63, 3.8) is 0 Å². The number of amides is 2. The monoisotopic (exact) mass is 528 g/mol. The van der Waals surface area contributed by atoms with E-state index in [2.05, 4.69) is 21.3 Å². The second-order valence-electron chi connectivity index (χ2n) is 10.0. The number of morpholine rings is 1. The van der Waals surface area contributed by atoms with E-state index in [9.17, 15) is 9.59 Å². The Bertz CT molecular complexity index is 1360. The number of nitrogens with one attached hydrogen (secondary N) is 1. The van der Waals surface area contributed by atoms with Crippen molar-refractivity contribution in [2.45, 2.75) is 18.9 Å². The third kappa shape index (κ3) is 5.74. The molecular formula is C30H32N4O5. The lowest BCUT2D eigenvalue weighted by atomic mass is 9.87. The van der Waals surface area contributed by atoms with Crippen LogP contribution in [0.5, 0.6) is 17.2 Å². The van der Waals surface area contributed by atoms with Gasteiger partial charge in [-0.25, -0.2) is 0 Å². The molecule has 9 heteroatoms. The number of nitrogens with zero attached hydrogens (tertiary/aromatic N) is 3. The molecular weight excluding hydrogens is 496 g/mol. The largest absolute Gasteiger partial charge is 0.494 e. The summed E-state index contributed by atoms with van der Waals surface area (Å²) in [6.45, 7) is 4.75. The summed E-state index contributed by atoms with van der Waals surface area (Å²) in [6, 6.07) is 15.4. The van der Waals surface area contributed by atoms with Crippen LogP contribution in [0.2, 0.25) is 0 Å². The Kier molecular flexibility index (Phi) is 7.42.